The summed E-state index contributed by atoms with van der Waals surface area (Å²) in [5.41, 5.74) is -1.43. The van der Waals surface area contributed by atoms with Crippen molar-refractivity contribution in [3.8, 4) is 0 Å². The van der Waals surface area contributed by atoms with Crippen LogP contribution in [-0.2, 0) is 19.1 Å². The van der Waals surface area contributed by atoms with Gasteiger partial charge in [0.25, 0.3) is 0 Å². The maximum absolute atomic E-state index is 11.6. The summed E-state index contributed by atoms with van der Waals surface area (Å²) >= 11 is 0. The standard InChI is InChI=1S/C10H19NO5/c1-5-7(16-4)8(12)11-10(2,6-15-3)9(13)14/h7H,5-6H2,1-4H3,(H,11,12)(H,13,14). The molecule has 0 saturated heterocycles. The SMILES string of the molecule is CCC(OC)C(=O)NC(C)(COC)C(=O)O. The van der Waals surface area contributed by atoms with Crippen LogP contribution < -0.4 is 5.32 Å². The molecule has 0 saturated carbocycles. The Morgan fingerprint density at radius 1 is 1.44 bits per heavy atom. The summed E-state index contributed by atoms with van der Waals surface area (Å²) < 4.78 is 9.70. The minimum Gasteiger partial charge on any atom is -0.479 e. The first-order valence-electron chi connectivity index (χ1n) is 4.98. The smallest absolute Gasteiger partial charge is 0.331 e. The second-order valence-corrected chi connectivity index (χ2v) is 3.69. The van der Waals surface area contributed by atoms with Gasteiger partial charge >= 0.3 is 5.97 Å². The predicted octanol–water partition coefficient (Wildman–Crippen LogP) is 0.0173. The van der Waals surface area contributed by atoms with Gasteiger partial charge in [-0.05, 0) is 13.3 Å². The second kappa shape index (κ2) is 6.44. The second-order valence-electron chi connectivity index (χ2n) is 3.69. The van der Waals surface area contributed by atoms with E-state index in [1.165, 1.54) is 21.1 Å². The van der Waals surface area contributed by atoms with Crippen LogP contribution in [0.4, 0.5) is 0 Å². The largest absolute Gasteiger partial charge is 0.479 e. The molecular weight excluding hydrogens is 214 g/mol. The molecule has 0 radical (unpaired) electrons. The number of aliphatic carboxylic acids is 1. The Morgan fingerprint density at radius 3 is 2.31 bits per heavy atom. The minimum atomic E-state index is -1.43. The van der Waals surface area contributed by atoms with Crippen molar-refractivity contribution in [1.29, 1.82) is 0 Å². The number of carboxylic acids is 1. The Balaban J connectivity index is 4.63. The van der Waals surface area contributed by atoms with Crippen LogP contribution in [0.1, 0.15) is 20.3 Å². The summed E-state index contributed by atoms with van der Waals surface area (Å²) in [5, 5.41) is 11.4. The fourth-order valence-corrected chi connectivity index (χ4v) is 1.25. The molecule has 0 aliphatic rings. The van der Waals surface area contributed by atoms with Gasteiger partial charge < -0.3 is 19.9 Å². The summed E-state index contributed by atoms with van der Waals surface area (Å²) in [5.74, 6) is -1.60. The Kier molecular flexibility index (Phi) is 5.98. The van der Waals surface area contributed by atoms with Crippen molar-refractivity contribution in [1.82, 2.24) is 5.32 Å². The van der Waals surface area contributed by atoms with Gasteiger partial charge in [-0.3, -0.25) is 4.79 Å². The average molecular weight is 233 g/mol. The number of amides is 1. The maximum Gasteiger partial charge on any atom is 0.331 e. The summed E-state index contributed by atoms with van der Waals surface area (Å²) in [6.45, 7) is 3.06. The number of carbonyl (C=O) groups is 2. The molecule has 6 nitrogen and oxygen atoms in total. The molecule has 94 valence electrons. The van der Waals surface area contributed by atoms with Gasteiger partial charge in [0.15, 0.2) is 5.54 Å². The fraction of sp³-hybridized carbons (Fsp3) is 0.800. The molecule has 2 atom stereocenters. The highest BCUT2D eigenvalue weighted by molar-refractivity contribution is 5.88. The van der Waals surface area contributed by atoms with Crippen molar-refractivity contribution < 1.29 is 24.2 Å². The molecule has 0 heterocycles. The van der Waals surface area contributed by atoms with Crippen molar-refractivity contribution >= 4 is 11.9 Å². The molecule has 0 aliphatic heterocycles. The molecular formula is C10H19NO5. The van der Waals surface area contributed by atoms with Gasteiger partial charge in [-0.25, -0.2) is 4.79 Å². The zero-order chi connectivity index (χ0) is 12.8. The number of carbonyl (C=O) groups excluding carboxylic acids is 1. The van der Waals surface area contributed by atoms with Gasteiger partial charge in [-0.1, -0.05) is 6.92 Å². The topological polar surface area (TPSA) is 84.9 Å². The van der Waals surface area contributed by atoms with E-state index in [0.717, 1.165) is 0 Å². The molecule has 0 spiro atoms. The molecule has 0 aromatic rings. The van der Waals surface area contributed by atoms with E-state index in [1.54, 1.807) is 6.92 Å². The quantitative estimate of drug-likeness (QED) is 0.647. The third-order valence-corrected chi connectivity index (χ3v) is 2.25. The van der Waals surface area contributed by atoms with E-state index in [1.807, 2.05) is 0 Å². The number of nitrogens with one attached hydrogen (secondary N) is 1. The van der Waals surface area contributed by atoms with Crippen molar-refractivity contribution in [2.75, 3.05) is 20.8 Å². The lowest BCUT2D eigenvalue weighted by Gasteiger charge is -2.27. The van der Waals surface area contributed by atoms with E-state index in [2.05, 4.69) is 5.32 Å². The van der Waals surface area contributed by atoms with Crippen molar-refractivity contribution in [2.45, 2.75) is 31.9 Å². The van der Waals surface area contributed by atoms with Crippen LogP contribution in [0.3, 0.4) is 0 Å². The van der Waals surface area contributed by atoms with Gasteiger partial charge in [0.1, 0.15) is 6.10 Å². The van der Waals surface area contributed by atoms with Crippen LogP contribution >= 0.6 is 0 Å². The molecule has 6 heteroatoms. The number of hydrogen-bond acceptors (Lipinski definition) is 4. The zero-order valence-electron chi connectivity index (χ0n) is 10.1. The molecule has 2 N–H and O–H groups in total. The Morgan fingerprint density at radius 2 is 2.00 bits per heavy atom. The molecule has 0 aliphatic carbocycles. The van der Waals surface area contributed by atoms with E-state index in [9.17, 15) is 9.59 Å². The first-order valence-corrected chi connectivity index (χ1v) is 4.98. The highest BCUT2D eigenvalue weighted by Gasteiger charge is 2.36. The predicted molar refractivity (Wildman–Crippen MR) is 57.1 cm³/mol. The summed E-state index contributed by atoms with van der Waals surface area (Å²) in [6, 6.07) is 0. The van der Waals surface area contributed by atoms with Crippen LogP contribution in [0.2, 0.25) is 0 Å². The fourth-order valence-electron chi connectivity index (χ4n) is 1.25. The first-order chi connectivity index (χ1) is 7.41. The Hall–Kier alpha value is -1.14. The minimum absolute atomic E-state index is 0.103. The lowest BCUT2D eigenvalue weighted by molar-refractivity contribution is -0.151. The molecule has 0 rings (SSSR count). The van der Waals surface area contributed by atoms with Crippen molar-refractivity contribution in [3.05, 3.63) is 0 Å². The molecule has 0 aromatic heterocycles. The molecule has 1 amide bonds. The van der Waals surface area contributed by atoms with Gasteiger partial charge in [-0.2, -0.15) is 0 Å². The third kappa shape index (κ3) is 3.79. The molecule has 0 bridgehead atoms. The number of hydrogen-bond donors (Lipinski definition) is 2. The summed E-state index contributed by atoms with van der Waals surface area (Å²) in [6.07, 6.45) is -0.166. The Labute approximate surface area is 94.9 Å². The summed E-state index contributed by atoms with van der Waals surface area (Å²) in [7, 11) is 2.78. The van der Waals surface area contributed by atoms with E-state index in [4.69, 9.17) is 14.6 Å². The van der Waals surface area contributed by atoms with Gasteiger partial charge in [0.05, 0.1) is 6.61 Å². The van der Waals surface area contributed by atoms with Crippen LogP contribution in [0.15, 0.2) is 0 Å². The van der Waals surface area contributed by atoms with E-state index < -0.39 is 23.5 Å². The number of rotatable bonds is 7. The van der Waals surface area contributed by atoms with Gasteiger partial charge in [-0.15, -0.1) is 0 Å². The zero-order valence-corrected chi connectivity index (χ0v) is 10.1. The van der Waals surface area contributed by atoms with E-state index in [0.29, 0.717) is 6.42 Å². The number of methoxy groups -OCH3 is 2. The normalized spacial score (nSPS) is 16.2. The molecule has 2 unspecified atom stereocenters. The highest BCUT2D eigenvalue weighted by Crippen LogP contribution is 2.07. The van der Waals surface area contributed by atoms with Gasteiger partial charge in [0.2, 0.25) is 5.91 Å². The number of ether oxygens (including phenoxy) is 2. The lowest BCUT2D eigenvalue weighted by Crippen LogP contribution is -2.57. The molecule has 0 fully saturated rings. The van der Waals surface area contributed by atoms with Gasteiger partial charge in [0, 0.05) is 14.2 Å². The van der Waals surface area contributed by atoms with Crippen molar-refractivity contribution in [2.24, 2.45) is 0 Å². The third-order valence-electron chi connectivity index (χ3n) is 2.25. The van der Waals surface area contributed by atoms with Crippen LogP contribution in [0.25, 0.3) is 0 Å². The first kappa shape index (κ1) is 14.9. The highest BCUT2D eigenvalue weighted by atomic mass is 16.5. The monoisotopic (exact) mass is 233 g/mol. The van der Waals surface area contributed by atoms with Crippen LogP contribution in [-0.4, -0.2) is 49.5 Å². The number of carboxylic acid groups (broad SMARTS) is 1. The average Bonchev–Trinajstić information content (AvgIpc) is 2.19. The van der Waals surface area contributed by atoms with Crippen LogP contribution in [0, 0.1) is 0 Å². The molecule has 16 heavy (non-hydrogen) atoms. The lowest BCUT2D eigenvalue weighted by atomic mass is 10.0. The van der Waals surface area contributed by atoms with Crippen LogP contribution in [0.5, 0.6) is 0 Å². The van der Waals surface area contributed by atoms with E-state index in [-0.39, 0.29) is 6.61 Å². The van der Waals surface area contributed by atoms with E-state index >= 15 is 0 Å². The Bertz CT molecular complexity index is 252. The molecule has 0 aromatic carbocycles. The maximum atomic E-state index is 11.6. The summed E-state index contributed by atoms with van der Waals surface area (Å²) in [4.78, 5) is 22.7. The van der Waals surface area contributed by atoms with Crippen molar-refractivity contribution in [3.63, 3.8) is 0 Å².